The first kappa shape index (κ1) is 9.71. The Balaban J connectivity index is 2.69. The summed E-state index contributed by atoms with van der Waals surface area (Å²) in [6.45, 7) is 1.47. The van der Waals surface area contributed by atoms with Crippen molar-refractivity contribution in [2.24, 2.45) is 5.73 Å². The van der Waals surface area contributed by atoms with Gasteiger partial charge in [-0.1, -0.05) is 34.1 Å². The maximum Gasteiger partial charge on any atom is 0.0455 e. The number of nitrogens with zero attached hydrogens (tertiary/aromatic N) is 1. The predicted molar refractivity (Wildman–Crippen MR) is 54.7 cm³/mol. The molecule has 2 N–H and O–H groups in total. The monoisotopic (exact) mass is 228 g/mol. The molecule has 0 aliphatic carbocycles. The normalized spacial score (nSPS) is 10.7. The molecule has 0 saturated heterocycles. The Morgan fingerprint density at radius 3 is 2.67 bits per heavy atom. The smallest absolute Gasteiger partial charge is 0.0455 e. The van der Waals surface area contributed by atoms with Crippen LogP contribution in [0.2, 0.25) is 0 Å². The van der Waals surface area contributed by atoms with E-state index in [2.05, 4.69) is 26.9 Å². The van der Waals surface area contributed by atoms with E-state index in [1.807, 2.05) is 25.2 Å². The Hall–Kier alpha value is -0.380. The van der Waals surface area contributed by atoms with Gasteiger partial charge >= 0.3 is 0 Å². The van der Waals surface area contributed by atoms with Gasteiger partial charge in [-0.15, -0.1) is 0 Å². The van der Waals surface area contributed by atoms with E-state index >= 15 is 0 Å². The molecule has 0 unspecified atom stereocenters. The minimum atomic E-state index is 0.585. The average Bonchev–Trinajstić information content (AvgIpc) is 2.09. The van der Waals surface area contributed by atoms with Crippen molar-refractivity contribution in [1.82, 2.24) is 4.90 Å². The van der Waals surface area contributed by atoms with E-state index in [4.69, 9.17) is 5.73 Å². The molecule has 0 amide bonds. The van der Waals surface area contributed by atoms with E-state index in [9.17, 15) is 0 Å². The Morgan fingerprint density at radius 2 is 2.08 bits per heavy atom. The molecule has 0 spiro atoms. The second-order valence-corrected chi connectivity index (χ2v) is 3.64. The molecule has 1 aromatic carbocycles. The molecule has 0 radical (unpaired) electrons. The number of rotatable bonds is 3. The highest BCUT2D eigenvalue weighted by atomic mass is 79.9. The fourth-order valence-electron chi connectivity index (χ4n) is 0.982. The van der Waals surface area contributed by atoms with E-state index in [1.165, 1.54) is 5.56 Å². The minimum Gasteiger partial charge on any atom is -0.318 e. The van der Waals surface area contributed by atoms with Crippen molar-refractivity contribution in [1.29, 1.82) is 0 Å². The van der Waals surface area contributed by atoms with Crippen LogP contribution in [0.5, 0.6) is 0 Å². The largest absolute Gasteiger partial charge is 0.318 e. The van der Waals surface area contributed by atoms with Crippen LogP contribution < -0.4 is 5.73 Å². The molecule has 1 rings (SSSR count). The molecule has 66 valence electrons. The fourth-order valence-corrected chi connectivity index (χ4v) is 1.39. The molecule has 0 aliphatic rings. The Morgan fingerprint density at radius 1 is 1.42 bits per heavy atom. The summed E-state index contributed by atoms with van der Waals surface area (Å²) in [7, 11) is 2.00. The molecule has 12 heavy (non-hydrogen) atoms. The van der Waals surface area contributed by atoms with Crippen LogP contribution in [0.25, 0.3) is 0 Å². The third kappa shape index (κ3) is 2.59. The van der Waals surface area contributed by atoms with Crippen LogP contribution in [0.4, 0.5) is 0 Å². The van der Waals surface area contributed by atoms with Crippen molar-refractivity contribution < 1.29 is 0 Å². The van der Waals surface area contributed by atoms with Crippen LogP contribution in [-0.2, 0) is 6.54 Å². The average molecular weight is 229 g/mol. The SMILES string of the molecule is CN(CN)Cc1ccccc1Br. The Kier molecular flexibility index (Phi) is 3.72. The lowest BCUT2D eigenvalue weighted by molar-refractivity contribution is 0.337. The van der Waals surface area contributed by atoms with Gasteiger partial charge in [0.25, 0.3) is 0 Å². The van der Waals surface area contributed by atoms with Gasteiger partial charge in [0.15, 0.2) is 0 Å². The van der Waals surface area contributed by atoms with Gasteiger partial charge in [0.05, 0.1) is 0 Å². The van der Waals surface area contributed by atoms with Crippen molar-refractivity contribution in [2.75, 3.05) is 13.7 Å². The summed E-state index contributed by atoms with van der Waals surface area (Å²) < 4.78 is 1.14. The van der Waals surface area contributed by atoms with Crippen molar-refractivity contribution in [3.63, 3.8) is 0 Å². The summed E-state index contributed by atoms with van der Waals surface area (Å²) in [5, 5.41) is 0. The van der Waals surface area contributed by atoms with Crippen molar-refractivity contribution in [2.45, 2.75) is 6.54 Å². The Labute approximate surface area is 81.5 Å². The minimum absolute atomic E-state index is 0.585. The molecule has 3 heteroatoms. The molecule has 1 aromatic rings. The molecule has 0 atom stereocenters. The summed E-state index contributed by atoms with van der Waals surface area (Å²) in [6.07, 6.45) is 0. The van der Waals surface area contributed by atoms with Gasteiger partial charge in [0.1, 0.15) is 0 Å². The van der Waals surface area contributed by atoms with Crippen LogP contribution in [0.15, 0.2) is 28.7 Å². The summed E-state index contributed by atoms with van der Waals surface area (Å²) in [5.74, 6) is 0. The van der Waals surface area contributed by atoms with Crippen LogP contribution >= 0.6 is 15.9 Å². The predicted octanol–water partition coefficient (Wildman–Crippen LogP) is 1.80. The standard InChI is InChI=1S/C9H13BrN2/c1-12(7-11)6-8-4-2-3-5-9(8)10/h2-5H,6-7,11H2,1H3. The van der Waals surface area contributed by atoms with E-state index in [-0.39, 0.29) is 0 Å². The first-order valence-electron chi connectivity index (χ1n) is 3.86. The number of hydrogen-bond acceptors (Lipinski definition) is 2. The first-order chi connectivity index (χ1) is 5.74. The molecule has 0 aliphatic heterocycles. The van der Waals surface area contributed by atoms with Gasteiger partial charge in [-0.05, 0) is 18.7 Å². The molecular formula is C9H13BrN2. The zero-order valence-electron chi connectivity index (χ0n) is 7.13. The molecule has 0 aromatic heterocycles. The summed E-state index contributed by atoms with van der Waals surface area (Å²) >= 11 is 3.49. The summed E-state index contributed by atoms with van der Waals surface area (Å²) in [5.41, 5.74) is 6.75. The van der Waals surface area contributed by atoms with Gasteiger partial charge in [-0.3, -0.25) is 4.90 Å². The van der Waals surface area contributed by atoms with E-state index < -0.39 is 0 Å². The second kappa shape index (κ2) is 4.60. The number of nitrogens with two attached hydrogens (primary N) is 1. The lowest BCUT2D eigenvalue weighted by atomic mass is 10.2. The number of halogens is 1. The molecule has 0 saturated carbocycles. The number of benzene rings is 1. The van der Waals surface area contributed by atoms with Crippen molar-refractivity contribution >= 4 is 15.9 Å². The molecule has 2 nitrogen and oxygen atoms in total. The van der Waals surface area contributed by atoms with E-state index in [1.54, 1.807) is 0 Å². The van der Waals surface area contributed by atoms with E-state index in [0.717, 1.165) is 11.0 Å². The molecule has 0 bridgehead atoms. The lowest BCUT2D eigenvalue weighted by Crippen LogP contribution is -2.25. The van der Waals surface area contributed by atoms with Gasteiger partial charge in [-0.2, -0.15) is 0 Å². The quantitative estimate of drug-likeness (QED) is 0.800. The Bertz CT molecular complexity index is 250. The van der Waals surface area contributed by atoms with Crippen molar-refractivity contribution in [3.05, 3.63) is 34.3 Å². The van der Waals surface area contributed by atoms with Crippen LogP contribution in [0.3, 0.4) is 0 Å². The third-order valence-electron chi connectivity index (χ3n) is 1.71. The van der Waals surface area contributed by atoms with Crippen LogP contribution in [0.1, 0.15) is 5.56 Å². The molecule has 0 fully saturated rings. The molecule has 0 heterocycles. The van der Waals surface area contributed by atoms with Gasteiger partial charge < -0.3 is 5.73 Å². The summed E-state index contributed by atoms with van der Waals surface area (Å²) in [6, 6.07) is 8.18. The highest BCUT2D eigenvalue weighted by Gasteiger charge is 2.00. The maximum absolute atomic E-state index is 5.48. The topological polar surface area (TPSA) is 29.3 Å². The maximum atomic E-state index is 5.48. The summed E-state index contributed by atoms with van der Waals surface area (Å²) in [4.78, 5) is 2.06. The highest BCUT2D eigenvalue weighted by molar-refractivity contribution is 9.10. The first-order valence-corrected chi connectivity index (χ1v) is 4.65. The van der Waals surface area contributed by atoms with Gasteiger partial charge in [0, 0.05) is 17.7 Å². The van der Waals surface area contributed by atoms with E-state index in [0.29, 0.717) is 6.67 Å². The van der Waals surface area contributed by atoms with Crippen LogP contribution in [-0.4, -0.2) is 18.6 Å². The lowest BCUT2D eigenvalue weighted by Gasteiger charge is -2.14. The van der Waals surface area contributed by atoms with Crippen LogP contribution in [0, 0.1) is 0 Å². The zero-order chi connectivity index (χ0) is 8.97. The highest BCUT2D eigenvalue weighted by Crippen LogP contribution is 2.16. The molecular weight excluding hydrogens is 216 g/mol. The second-order valence-electron chi connectivity index (χ2n) is 2.79. The van der Waals surface area contributed by atoms with Crippen molar-refractivity contribution in [3.8, 4) is 0 Å². The zero-order valence-corrected chi connectivity index (χ0v) is 8.71. The fraction of sp³-hybridized carbons (Fsp3) is 0.333. The van der Waals surface area contributed by atoms with Gasteiger partial charge in [-0.25, -0.2) is 0 Å². The van der Waals surface area contributed by atoms with Gasteiger partial charge in [0.2, 0.25) is 0 Å². The number of hydrogen-bond donors (Lipinski definition) is 1. The third-order valence-corrected chi connectivity index (χ3v) is 2.48.